The van der Waals surface area contributed by atoms with Crippen LogP contribution in [0.3, 0.4) is 0 Å². The lowest BCUT2D eigenvalue weighted by molar-refractivity contribution is 0.0625. The molecule has 6 heteroatoms. The summed E-state index contributed by atoms with van der Waals surface area (Å²) in [6, 6.07) is 31.5. The van der Waals surface area contributed by atoms with Crippen molar-refractivity contribution in [2.24, 2.45) is 5.92 Å². The van der Waals surface area contributed by atoms with Gasteiger partial charge in [0, 0.05) is 34.4 Å². The number of esters is 2. The van der Waals surface area contributed by atoms with Crippen LogP contribution in [0.1, 0.15) is 66.5 Å². The van der Waals surface area contributed by atoms with Gasteiger partial charge in [-0.05, 0) is 90.2 Å². The maximum Gasteiger partial charge on any atom is 0.343 e. The van der Waals surface area contributed by atoms with E-state index in [4.69, 9.17) is 9.47 Å². The van der Waals surface area contributed by atoms with E-state index >= 15 is 0 Å². The fourth-order valence-electron chi connectivity index (χ4n) is 6.00. The molecule has 254 valence electrons. The number of rotatable bonds is 11. The van der Waals surface area contributed by atoms with Crippen molar-refractivity contribution >= 4 is 40.8 Å². The molecule has 0 N–H and O–H groups in total. The van der Waals surface area contributed by atoms with Gasteiger partial charge in [-0.1, -0.05) is 102 Å². The average Bonchev–Trinajstić information content (AvgIpc) is 3.10. The monoisotopic (exact) mass is 664 g/mol. The number of carbonyl (C=O) groups is 2. The van der Waals surface area contributed by atoms with Gasteiger partial charge in [0.15, 0.2) is 0 Å². The molecule has 0 amide bonds. The molecule has 4 aromatic rings. The lowest BCUT2D eigenvalue weighted by Crippen LogP contribution is -2.37. The average molecular weight is 665 g/mol. The van der Waals surface area contributed by atoms with E-state index in [0.29, 0.717) is 16.9 Å². The predicted molar refractivity (Wildman–Crippen MR) is 205 cm³/mol. The van der Waals surface area contributed by atoms with Gasteiger partial charge in [-0.3, -0.25) is 0 Å². The van der Waals surface area contributed by atoms with Crippen molar-refractivity contribution in [3.8, 4) is 0 Å². The molecule has 6 nitrogen and oxygen atoms in total. The Labute approximate surface area is 296 Å². The van der Waals surface area contributed by atoms with Gasteiger partial charge in [0.05, 0.1) is 29.2 Å². The molecule has 0 bridgehead atoms. The number of anilines is 4. The largest absolute Gasteiger partial charge is 0.432 e. The highest BCUT2D eigenvalue weighted by Crippen LogP contribution is 2.39. The number of allylic oxidation sites excluding steroid dienone is 2. The molecule has 50 heavy (non-hydrogen) atoms. The molecule has 0 spiro atoms. The molecule has 1 aliphatic rings. The third-order valence-corrected chi connectivity index (χ3v) is 8.55. The first kappa shape index (κ1) is 35.4. The van der Waals surface area contributed by atoms with E-state index in [9.17, 15) is 9.59 Å². The SMILES string of the molecule is C=COC(=O)c1cccc(N(c2ccc(C(C)(C)C)cc2)C2C=CC(N(c3ccc(C=C)cc3)c3cccc(C(=O)OC(=C)C)c3)=CC2C)c1. The molecule has 0 fully saturated rings. The van der Waals surface area contributed by atoms with Gasteiger partial charge in [-0.15, -0.1) is 0 Å². The van der Waals surface area contributed by atoms with E-state index in [1.54, 1.807) is 19.1 Å². The third kappa shape index (κ3) is 8.04. The van der Waals surface area contributed by atoms with Crippen LogP contribution in [0.4, 0.5) is 22.7 Å². The second kappa shape index (κ2) is 15.1. The Morgan fingerprint density at radius 1 is 0.780 bits per heavy atom. The van der Waals surface area contributed by atoms with Crippen LogP contribution in [-0.4, -0.2) is 18.0 Å². The van der Waals surface area contributed by atoms with Crippen LogP contribution in [0.25, 0.3) is 6.08 Å². The standard InChI is InChI=1S/C44H44N2O4/c1-9-32-17-21-36(22-18-32)45(38-15-12-14-34(29-38)43(48)50-30(3)4)40-25-26-41(31(5)27-40)46(37-23-19-35(20-24-37)44(6,7)8)39-16-11-13-33(28-39)42(47)49-10-2/h9-29,31,41H,1-3H2,4-8H3. The second-order valence-corrected chi connectivity index (χ2v) is 13.4. The second-order valence-electron chi connectivity index (χ2n) is 13.4. The fourth-order valence-corrected chi connectivity index (χ4v) is 6.00. The molecule has 2 atom stereocenters. The van der Waals surface area contributed by atoms with Crippen LogP contribution in [0.15, 0.2) is 153 Å². The smallest absolute Gasteiger partial charge is 0.343 e. The minimum absolute atomic E-state index is 0.000711. The number of hydrogen-bond acceptors (Lipinski definition) is 6. The Balaban J connectivity index is 1.58. The van der Waals surface area contributed by atoms with E-state index in [-0.39, 0.29) is 17.4 Å². The first-order chi connectivity index (χ1) is 23.9. The molecular weight excluding hydrogens is 620 g/mol. The zero-order chi connectivity index (χ0) is 36.0. The highest BCUT2D eigenvalue weighted by molar-refractivity contribution is 5.92. The van der Waals surface area contributed by atoms with Crippen LogP contribution in [0, 0.1) is 5.92 Å². The molecule has 0 saturated carbocycles. The minimum atomic E-state index is -0.466. The summed E-state index contributed by atoms with van der Waals surface area (Å²) in [7, 11) is 0. The lowest BCUT2D eigenvalue weighted by atomic mass is 9.86. The normalized spacial score (nSPS) is 15.3. The van der Waals surface area contributed by atoms with E-state index in [0.717, 1.165) is 40.3 Å². The van der Waals surface area contributed by atoms with Gasteiger partial charge in [-0.2, -0.15) is 0 Å². The summed E-state index contributed by atoms with van der Waals surface area (Å²) in [5.41, 5.74) is 7.59. The molecule has 5 rings (SSSR count). The van der Waals surface area contributed by atoms with Gasteiger partial charge in [0.1, 0.15) is 0 Å². The fraction of sp³-hybridized carbons (Fsp3) is 0.182. The molecular formula is C44H44N2O4. The summed E-state index contributed by atoms with van der Waals surface area (Å²) in [4.78, 5) is 30.0. The Morgan fingerprint density at radius 2 is 1.38 bits per heavy atom. The zero-order valence-electron chi connectivity index (χ0n) is 29.4. The van der Waals surface area contributed by atoms with Crippen molar-refractivity contribution < 1.29 is 19.1 Å². The van der Waals surface area contributed by atoms with E-state index < -0.39 is 11.9 Å². The van der Waals surface area contributed by atoms with Gasteiger partial charge in [-0.25, -0.2) is 9.59 Å². The van der Waals surface area contributed by atoms with Crippen molar-refractivity contribution in [1.29, 1.82) is 0 Å². The van der Waals surface area contributed by atoms with Gasteiger partial charge < -0.3 is 19.3 Å². The van der Waals surface area contributed by atoms with E-state index in [2.05, 4.69) is 99.7 Å². The Morgan fingerprint density at radius 3 is 1.96 bits per heavy atom. The van der Waals surface area contributed by atoms with Crippen molar-refractivity contribution in [1.82, 2.24) is 0 Å². The molecule has 1 aliphatic carbocycles. The lowest BCUT2D eigenvalue weighted by Gasteiger charge is -2.38. The summed E-state index contributed by atoms with van der Waals surface area (Å²) in [5.74, 6) is -0.592. The molecule has 0 radical (unpaired) electrons. The summed E-state index contributed by atoms with van der Waals surface area (Å²) in [5, 5.41) is 0. The highest BCUT2D eigenvalue weighted by atomic mass is 16.5. The number of nitrogens with zero attached hydrogens (tertiary/aromatic N) is 2. The number of ether oxygens (including phenoxy) is 2. The highest BCUT2D eigenvalue weighted by Gasteiger charge is 2.29. The first-order valence-electron chi connectivity index (χ1n) is 16.6. The number of hydrogen-bond donors (Lipinski definition) is 0. The Bertz CT molecular complexity index is 1960. The topological polar surface area (TPSA) is 59.1 Å². The van der Waals surface area contributed by atoms with Crippen LogP contribution in [-0.2, 0) is 14.9 Å². The van der Waals surface area contributed by atoms with Crippen molar-refractivity contribution in [2.45, 2.75) is 46.1 Å². The number of carbonyl (C=O) groups excluding carboxylic acids is 2. The molecule has 0 aromatic heterocycles. The predicted octanol–water partition coefficient (Wildman–Crippen LogP) is 11.1. The van der Waals surface area contributed by atoms with Crippen LogP contribution >= 0.6 is 0 Å². The Hall–Kier alpha value is -5.88. The van der Waals surface area contributed by atoms with Crippen LogP contribution in [0.5, 0.6) is 0 Å². The quantitative estimate of drug-likeness (QED) is 0.117. The number of benzene rings is 4. The molecule has 0 saturated heterocycles. The van der Waals surface area contributed by atoms with Crippen molar-refractivity contribution in [3.05, 3.63) is 175 Å². The van der Waals surface area contributed by atoms with Crippen LogP contribution < -0.4 is 9.80 Å². The van der Waals surface area contributed by atoms with Crippen molar-refractivity contribution in [2.75, 3.05) is 9.80 Å². The molecule has 0 heterocycles. The maximum atomic E-state index is 12.9. The third-order valence-electron chi connectivity index (χ3n) is 8.55. The maximum absolute atomic E-state index is 12.9. The molecule has 0 aliphatic heterocycles. The van der Waals surface area contributed by atoms with E-state index in [1.807, 2.05) is 66.7 Å². The van der Waals surface area contributed by atoms with Gasteiger partial charge in [0.25, 0.3) is 0 Å². The van der Waals surface area contributed by atoms with Crippen LogP contribution in [0.2, 0.25) is 0 Å². The zero-order valence-corrected chi connectivity index (χ0v) is 29.4. The van der Waals surface area contributed by atoms with E-state index in [1.165, 1.54) is 5.56 Å². The summed E-state index contributed by atoms with van der Waals surface area (Å²) >= 11 is 0. The minimum Gasteiger partial charge on any atom is -0.432 e. The van der Waals surface area contributed by atoms with Crippen molar-refractivity contribution in [3.63, 3.8) is 0 Å². The Kier molecular flexibility index (Phi) is 10.7. The van der Waals surface area contributed by atoms with Gasteiger partial charge >= 0.3 is 11.9 Å². The first-order valence-corrected chi connectivity index (χ1v) is 16.6. The molecule has 2 unspecified atom stereocenters. The summed E-state index contributed by atoms with van der Waals surface area (Å²) in [6.45, 7) is 21.6. The molecule has 4 aromatic carbocycles. The summed E-state index contributed by atoms with van der Waals surface area (Å²) in [6.07, 6.45) is 9.49. The van der Waals surface area contributed by atoms with Gasteiger partial charge in [0.2, 0.25) is 0 Å². The summed E-state index contributed by atoms with van der Waals surface area (Å²) < 4.78 is 10.4.